The van der Waals surface area contributed by atoms with E-state index in [1.165, 1.54) is 13.3 Å². The Kier molecular flexibility index (Phi) is 2.29. The fourth-order valence-electron chi connectivity index (χ4n) is 1.46. The summed E-state index contributed by atoms with van der Waals surface area (Å²) in [7, 11) is 1.33. The lowest BCUT2D eigenvalue weighted by Crippen LogP contribution is -2.14. The standard InChI is InChI=1S/C10H10N2O3/c1-15-9(13)5-7-6-11-10(14)8-3-2-4-12(7)8/h2-4,6H,5H2,1H3,(H,11,14). The fraction of sp³-hybridized carbons (Fsp3) is 0.200. The van der Waals surface area contributed by atoms with Gasteiger partial charge in [0.2, 0.25) is 0 Å². The zero-order chi connectivity index (χ0) is 10.8. The third-order valence-corrected chi connectivity index (χ3v) is 2.21. The third-order valence-electron chi connectivity index (χ3n) is 2.21. The molecule has 0 unspecified atom stereocenters. The zero-order valence-electron chi connectivity index (χ0n) is 8.19. The lowest BCUT2D eigenvalue weighted by Gasteiger charge is -2.03. The summed E-state index contributed by atoms with van der Waals surface area (Å²) in [5.74, 6) is -0.336. The molecule has 2 aromatic heterocycles. The summed E-state index contributed by atoms with van der Waals surface area (Å²) in [6.07, 6.45) is 3.40. The van der Waals surface area contributed by atoms with Gasteiger partial charge in [-0.2, -0.15) is 0 Å². The molecule has 2 aromatic rings. The fourth-order valence-corrected chi connectivity index (χ4v) is 1.46. The molecule has 0 atom stereocenters. The molecule has 15 heavy (non-hydrogen) atoms. The van der Waals surface area contributed by atoms with Gasteiger partial charge in [-0.3, -0.25) is 9.59 Å². The molecule has 0 aliphatic rings. The van der Waals surface area contributed by atoms with E-state index in [2.05, 4.69) is 9.72 Å². The normalized spacial score (nSPS) is 10.5. The van der Waals surface area contributed by atoms with Gasteiger partial charge in [-0.05, 0) is 12.1 Å². The number of rotatable bonds is 2. The number of hydrogen-bond donors (Lipinski definition) is 1. The summed E-state index contributed by atoms with van der Waals surface area (Å²) in [5, 5.41) is 0. The van der Waals surface area contributed by atoms with Crippen molar-refractivity contribution in [3.05, 3.63) is 40.6 Å². The number of aromatic amines is 1. The molecule has 1 N–H and O–H groups in total. The van der Waals surface area contributed by atoms with E-state index in [9.17, 15) is 9.59 Å². The summed E-state index contributed by atoms with van der Waals surface area (Å²) in [5.41, 5.74) is 1.05. The third kappa shape index (κ3) is 1.63. The van der Waals surface area contributed by atoms with Gasteiger partial charge >= 0.3 is 5.97 Å². The SMILES string of the molecule is COC(=O)Cc1c[nH]c(=O)c2cccn12. The first-order valence-electron chi connectivity index (χ1n) is 4.47. The monoisotopic (exact) mass is 206 g/mol. The molecule has 2 rings (SSSR count). The number of nitrogens with zero attached hydrogens (tertiary/aromatic N) is 1. The number of nitrogens with one attached hydrogen (secondary N) is 1. The van der Waals surface area contributed by atoms with Crippen molar-refractivity contribution in [2.75, 3.05) is 7.11 Å². The largest absolute Gasteiger partial charge is 0.469 e. The van der Waals surface area contributed by atoms with Crippen LogP contribution < -0.4 is 5.56 Å². The van der Waals surface area contributed by atoms with Crippen LogP contribution in [0, 0.1) is 0 Å². The molecule has 5 heteroatoms. The van der Waals surface area contributed by atoms with E-state index in [0.29, 0.717) is 11.2 Å². The van der Waals surface area contributed by atoms with Crippen molar-refractivity contribution in [1.29, 1.82) is 0 Å². The van der Waals surface area contributed by atoms with Crippen LogP contribution in [0.5, 0.6) is 0 Å². The van der Waals surface area contributed by atoms with Crippen LogP contribution in [0.3, 0.4) is 0 Å². The van der Waals surface area contributed by atoms with Crippen LogP contribution in [0.2, 0.25) is 0 Å². The maximum Gasteiger partial charge on any atom is 0.311 e. The number of carbonyl (C=O) groups is 1. The molecule has 0 amide bonds. The second-order valence-electron chi connectivity index (χ2n) is 3.13. The average molecular weight is 206 g/mol. The summed E-state index contributed by atoms with van der Waals surface area (Å²) in [6, 6.07) is 3.45. The lowest BCUT2D eigenvalue weighted by atomic mass is 10.3. The highest BCUT2D eigenvalue weighted by molar-refractivity contribution is 5.72. The van der Waals surface area contributed by atoms with Gasteiger partial charge in [-0.25, -0.2) is 0 Å². The number of fused-ring (bicyclic) bond motifs is 1. The number of carbonyl (C=O) groups excluding carboxylic acids is 1. The smallest absolute Gasteiger partial charge is 0.311 e. The molecule has 2 heterocycles. The first-order chi connectivity index (χ1) is 7.22. The minimum Gasteiger partial charge on any atom is -0.469 e. The zero-order valence-corrected chi connectivity index (χ0v) is 8.19. The van der Waals surface area contributed by atoms with Crippen molar-refractivity contribution in [2.24, 2.45) is 0 Å². The van der Waals surface area contributed by atoms with E-state index in [1.807, 2.05) is 0 Å². The van der Waals surface area contributed by atoms with Crippen molar-refractivity contribution in [1.82, 2.24) is 9.38 Å². The molecule has 0 aromatic carbocycles. The van der Waals surface area contributed by atoms with Crippen LogP contribution in [-0.4, -0.2) is 22.5 Å². The van der Waals surface area contributed by atoms with Gasteiger partial charge in [0, 0.05) is 12.4 Å². The van der Waals surface area contributed by atoms with E-state index < -0.39 is 0 Å². The number of aromatic nitrogens is 2. The summed E-state index contributed by atoms with van der Waals surface area (Å²) in [6.45, 7) is 0. The Morgan fingerprint density at radius 1 is 1.60 bits per heavy atom. The first kappa shape index (κ1) is 9.51. The predicted molar refractivity (Wildman–Crippen MR) is 53.7 cm³/mol. The summed E-state index contributed by atoms with van der Waals surface area (Å²) in [4.78, 5) is 25.0. The average Bonchev–Trinajstić information content (AvgIpc) is 2.71. The van der Waals surface area contributed by atoms with Gasteiger partial charge in [0.1, 0.15) is 5.52 Å². The van der Waals surface area contributed by atoms with Crippen LogP contribution in [0.1, 0.15) is 5.69 Å². The minimum atomic E-state index is -0.336. The number of methoxy groups -OCH3 is 1. The highest BCUT2D eigenvalue weighted by Crippen LogP contribution is 2.04. The predicted octanol–water partition coefficient (Wildman–Crippen LogP) is 0.343. The Morgan fingerprint density at radius 3 is 3.13 bits per heavy atom. The molecule has 0 aliphatic carbocycles. The Bertz CT molecular complexity index is 553. The first-order valence-corrected chi connectivity index (χ1v) is 4.47. The molecule has 0 bridgehead atoms. The van der Waals surface area contributed by atoms with Crippen molar-refractivity contribution in [3.8, 4) is 0 Å². The van der Waals surface area contributed by atoms with E-state index in [0.717, 1.165) is 0 Å². The van der Waals surface area contributed by atoms with Gasteiger partial charge in [-0.1, -0.05) is 0 Å². The molecule has 0 spiro atoms. The molecule has 0 fully saturated rings. The van der Waals surface area contributed by atoms with Crippen LogP contribution in [-0.2, 0) is 16.0 Å². The van der Waals surface area contributed by atoms with Gasteiger partial charge < -0.3 is 14.1 Å². The Balaban J connectivity index is 2.52. The van der Waals surface area contributed by atoms with Crippen molar-refractivity contribution in [3.63, 3.8) is 0 Å². The number of hydrogen-bond acceptors (Lipinski definition) is 3. The van der Waals surface area contributed by atoms with Crippen LogP contribution in [0.25, 0.3) is 5.52 Å². The Morgan fingerprint density at radius 2 is 2.40 bits per heavy atom. The van der Waals surface area contributed by atoms with Crippen molar-refractivity contribution < 1.29 is 9.53 Å². The highest BCUT2D eigenvalue weighted by atomic mass is 16.5. The quantitative estimate of drug-likeness (QED) is 0.721. The summed E-state index contributed by atoms with van der Waals surface area (Å²) < 4.78 is 6.24. The second-order valence-corrected chi connectivity index (χ2v) is 3.13. The maximum atomic E-state index is 11.4. The van der Waals surface area contributed by atoms with Crippen molar-refractivity contribution >= 4 is 11.5 Å². The molecule has 5 nitrogen and oxygen atoms in total. The van der Waals surface area contributed by atoms with Gasteiger partial charge in [-0.15, -0.1) is 0 Å². The Labute approximate surface area is 85.3 Å². The number of ether oxygens (including phenoxy) is 1. The minimum absolute atomic E-state index is 0.137. The molecular weight excluding hydrogens is 196 g/mol. The molecule has 0 saturated carbocycles. The molecule has 0 saturated heterocycles. The molecule has 78 valence electrons. The van der Waals surface area contributed by atoms with E-state index in [4.69, 9.17) is 0 Å². The number of H-pyrrole nitrogens is 1. The van der Waals surface area contributed by atoms with Crippen LogP contribution in [0.15, 0.2) is 29.3 Å². The number of esters is 1. The van der Waals surface area contributed by atoms with Crippen LogP contribution >= 0.6 is 0 Å². The highest BCUT2D eigenvalue weighted by Gasteiger charge is 2.08. The second kappa shape index (κ2) is 3.61. The van der Waals surface area contributed by atoms with E-state index in [-0.39, 0.29) is 17.9 Å². The van der Waals surface area contributed by atoms with E-state index in [1.54, 1.807) is 22.7 Å². The summed E-state index contributed by atoms with van der Waals surface area (Å²) >= 11 is 0. The topological polar surface area (TPSA) is 63.6 Å². The van der Waals surface area contributed by atoms with E-state index >= 15 is 0 Å². The van der Waals surface area contributed by atoms with Crippen LogP contribution in [0.4, 0.5) is 0 Å². The molecule has 0 aliphatic heterocycles. The molecule has 0 radical (unpaired) electrons. The lowest BCUT2D eigenvalue weighted by molar-refractivity contribution is -0.139. The van der Waals surface area contributed by atoms with Gasteiger partial charge in [0.15, 0.2) is 0 Å². The van der Waals surface area contributed by atoms with Gasteiger partial charge in [0.05, 0.1) is 19.2 Å². The maximum absolute atomic E-state index is 11.4. The Hall–Kier alpha value is -2.04. The van der Waals surface area contributed by atoms with Crippen molar-refractivity contribution in [2.45, 2.75) is 6.42 Å². The molecular formula is C10H10N2O3. The van der Waals surface area contributed by atoms with Gasteiger partial charge in [0.25, 0.3) is 5.56 Å².